The molecule has 0 fully saturated rings. The summed E-state index contributed by atoms with van der Waals surface area (Å²) in [5.41, 5.74) is 5.06. The van der Waals surface area contributed by atoms with Crippen LogP contribution in [0.3, 0.4) is 0 Å². The molecule has 0 aliphatic rings. The Morgan fingerprint density at radius 1 is 1.47 bits per heavy atom. The number of nitrogens with two attached hydrogens (primary N) is 1. The third kappa shape index (κ3) is 6.90. The Morgan fingerprint density at radius 2 is 2.00 bits per heavy atom. The highest BCUT2D eigenvalue weighted by Crippen LogP contribution is 2.13. The van der Waals surface area contributed by atoms with Crippen LogP contribution in [0, 0.1) is 0 Å². The zero-order chi connectivity index (χ0) is 12.1. The number of amides is 1. The fraction of sp³-hybridized carbons (Fsp3) is 0.800. The Morgan fingerprint density at radius 3 is 2.40 bits per heavy atom. The molecule has 5 heteroatoms. The minimum absolute atomic E-state index is 0.0810. The molecule has 88 valence electrons. The first-order valence-electron chi connectivity index (χ1n) is 5.02. The summed E-state index contributed by atoms with van der Waals surface area (Å²) in [6.07, 6.45) is 1.83. The molecule has 0 saturated heterocycles. The maximum atomic E-state index is 10.8. The number of nitrogens with one attached hydrogen (secondary N) is 1. The predicted molar refractivity (Wildman–Crippen MR) is 57.4 cm³/mol. The lowest BCUT2D eigenvalue weighted by Gasteiger charge is -2.25. The zero-order valence-corrected chi connectivity index (χ0v) is 9.54. The summed E-state index contributed by atoms with van der Waals surface area (Å²) in [6.45, 7) is 5.27. The van der Waals surface area contributed by atoms with Gasteiger partial charge in [-0.15, -0.1) is 0 Å². The summed E-state index contributed by atoms with van der Waals surface area (Å²) in [5, 5.41) is 11.4. The van der Waals surface area contributed by atoms with Crippen molar-refractivity contribution in [3.63, 3.8) is 0 Å². The molecule has 4 N–H and O–H groups in total. The maximum absolute atomic E-state index is 10.8. The maximum Gasteiger partial charge on any atom is 0.320 e. The molecule has 0 aliphatic heterocycles. The number of aliphatic carboxylic acids is 1. The van der Waals surface area contributed by atoms with Gasteiger partial charge in [0.25, 0.3) is 0 Å². The van der Waals surface area contributed by atoms with E-state index in [-0.39, 0.29) is 11.4 Å². The largest absolute Gasteiger partial charge is 0.480 e. The Balaban J connectivity index is 3.84. The highest BCUT2D eigenvalue weighted by atomic mass is 16.4. The van der Waals surface area contributed by atoms with Crippen molar-refractivity contribution in [2.75, 3.05) is 0 Å². The van der Waals surface area contributed by atoms with Crippen LogP contribution in [0.15, 0.2) is 0 Å². The molecule has 1 unspecified atom stereocenters. The molecule has 0 spiro atoms. The van der Waals surface area contributed by atoms with E-state index < -0.39 is 12.0 Å². The van der Waals surface area contributed by atoms with E-state index in [0.29, 0.717) is 19.3 Å². The Bertz CT molecular complexity index is 239. The average molecular weight is 216 g/mol. The third-order valence-corrected chi connectivity index (χ3v) is 2.15. The van der Waals surface area contributed by atoms with Crippen LogP contribution in [0.1, 0.15) is 40.0 Å². The normalized spacial score (nSPS) is 13.3. The molecule has 0 aromatic heterocycles. The molecule has 1 amide bonds. The molecule has 0 aliphatic carbocycles. The van der Waals surface area contributed by atoms with Gasteiger partial charge in [-0.05, 0) is 33.1 Å². The second-order valence-electron chi connectivity index (χ2n) is 4.40. The number of carbonyl (C=O) groups is 2. The van der Waals surface area contributed by atoms with Gasteiger partial charge in [-0.2, -0.15) is 0 Å². The Hall–Kier alpha value is -1.10. The molecular weight excluding hydrogens is 196 g/mol. The van der Waals surface area contributed by atoms with Crippen LogP contribution in [0.2, 0.25) is 0 Å². The standard InChI is InChI=1S/C10H20N2O3/c1-7(13)12-10(2,3)6-4-5-8(11)9(14)15/h8H,4-6,11H2,1-3H3,(H,12,13)(H,14,15). The third-order valence-electron chi connectivity index (χ3n) is 2.15. The van der Waals surface area contributed by atoms with Gasteiger partial charge in [0.2, 0.25) is 5.91 Å². The Kier molecular flexibility index (Phi) is 5.28. The highest BCUT2D eigenvalue weighted by Gasteiger charge is 2.19. The van der Waals surface area contributed by atoms with E-state index in [1.165, 1.54) is 6.92 Å². The van der Waals surface area contributed by atoms with E-state index in [0.717, 1.165) is 0 Å². The van der Waals surface area contributed by atoms with Gasteiger partial charge in [-0.1, -0.05) is 0 Å². The lowest BCUT2D eigenvalue weighted by molar-refractivity contribution is -0.138. The average Bonchev–Trinajstić information content (AvgIpc) is 2.00. The summed E-state index contributed by atoms with van der Waals surface area (Å²) in [7, 11) is 0. The van der Waals surface area contributed by atoms with E-state index in [1.54, 1.807) is 0 Å². The van der Waals surface area contributed by atoms with Crippen LogP contribution < -0.4 is 11.1 Å². The fourth-order valence-electron chi connectivity index (χ4n) is 1.43. The van der Waals surface area contributed by atoms with E-state index in [9.17, 15) is 9.59 Å². The SMILES string of the molecule is CC(=O)NC(C)(C)CCCC(N)C(=O)O. The second-order valence-corrected chi connectivity index (χ2v) is 4.40. The number of hydrogen-bond acceptors (Lipinski definition) is 3. The lowest BCUT2D eigenvalue weighted by Crippen LogP contribution is -2.42. The van der Waals surface area contributed by atoms with Crippen LogP contribution >= 0.6 is 0 Å². The summed E-state index contributed by atoms with van der Waals surface area (Å²) in [4.78, 5) is 21.3. The first kappa shape index (κ1) is 13.9. The molecule has 5 nitrogen and oxygen atoms in total. The molecule has 0 rings (SSSR count). The summed E-state index contributed by atoms with van der Waals surface area (Å²) < 4.78 is 0. The molecule has 0 aromatic carbocycles. The van der Waals surface area contributed by atoms with Gasteiger partial charge in [0.05, 0.1) is 0 Å². The van der Waals surface area contributed by atoms with Gasteiger partial charge in [0.1, 0.15) is 6.04 Å². The van der Waals surface area contributed by atoms with Crippen molar-refractivity contribution >= 4 is 11.9 Å². The van der Waals surface area contributed by atoms with E-state index in [4.69, 9.17) is 10.8 Å². The minimum Gasteiger partial charge on any atom is -0.480 e. The Labute approximate surface area is 90.0 Å². The van der Waals surface area contributed by atoms with E-state index in [2.05, 4.69) is 5.32 Å². The van der Waals surface area contributed by atoms with Crippen LogP contribution in [-0.4, -0.2) is 28.6 Å². The summed E-state index contributed by atoms with van der Waals surface area (Å²) >= 11 is 0. The monoisotopic (exact) mass is 216 g/mol. The van der Waals surface area contributed by atoms with Crippen molar-refractivity contribution in [2.45, 2.75) is 51.6 Å². The predicted octanol–water partition coefficient (Wildman–Crippen LogP) is 0.483. The first-order chi connectivity index (χ1) is 6.74. The molecule has 0 radical (unpaired) electrons. The van der Waals surface area contributed by atoms with Crippen LogP contribution in [0.5, 0.6) is 0 Å². The molecule has 0 saturated carbocycles. The number of carboxylic acids is 1. The van der Waals surface area contributed by atoms with Crippen LogP contribution in [0.25, 0.3) is 0 Å². The van der Waals surface area contributed by atoms with E-state index in [1.807, 2.05) is 13.8 Å². The lowest BCUT2D eigenvalue weighted by atomic mass is 9.96. The zero-order valence-electron chi connectivity index (χ0n) is 9.54. The van der Waals surface area contributed by atoms with Crippen molar-refractivity contribution in [1.82, 2.24) is 5.32 Å². The fourth-order valence-corrected chi connectivity index (χ4v) is 1.43. The van der Waals surface area contributed by atoms with Gasteiger partial charge < -0.3 is 16.2 Å². The van der Waals surface area contributed by atoms with Crippen LogP contribution in [-0.2, 0) is 9.59 Å². The van der Waals surface area contributed by atoms with Gasteiger partial charge in [-0.25, -0.2) is 0 Å². The van der Waals surface area contributed by atoms with Gasteiger partial charge >= 0.3 is 5.97 Å². The first-order valence-corrected chi connectivity index (χ1v) is 5.02. The van der Waals surface area contributed by atoms with Gasteiger partial charge in [-0.3, -0.25) is 9.59 Å². The quantitative estimate of drug-likeness (QED) is 0.602. The van der Waals surface area contributed by atoms with Gasteiger partial charge in [0.15, 0.2) is 0 Å². The topological polar surface area (TPSA) is 92.4 Å². The van der Waals surface area contributed by atoms with Crippen molar-refractivity contribution in [2.24, 2.45) is 5.73 Å². The molecule has 0 aromatic rings. The van der Waals surface area contributed by atoms with Crippen molar-refractivity contribution in [1.29, 1.82) is 0 Å². The molecule has 0 heterocycles. The second kappa shape index (κ2) is 5.70. The number of carbonyl (C=O) groups excluding carboxylic acids is 1. The van der Waals surface area contributed by atoms with Crippen molar-refractivity contribution in [3.05, 3.63) is 0 Å². The number of hydrogen-bond donors (Lipinski definition) is 3. The molecule has 1 atom stereocenters. The van der Waals surface area contributed by atoms with Gasteiger partial charge in [0, 0.05) is 12.5 Å². The summed E-state index contributed by atoms with van der Waals surface area (Å²) in [5.74, 6) is -1.06. The van der Waals surface area contributed by atoms with Crippen LogP contribution in [0.4, 0.5) is 0 Å². The highest BCUT2D eigenvalue weighted by molar-refractivity contribution is 5.73. The smallest absolute Gasteiger partial charge is 0.320 e. The summed E-state index contributed by atoms with van der Waals surface area (Å²) in [6, 6.07) is -0.807. The van der Waals surface area contributed by atoms with Crippen molar-refractivity contribution < 1.29 is 14.7 Å². The minimum atomic E-state index is -0.979. The number of carboxylic acid groups (broad SMARTS) is 1. The van der Waals surface area contributed by atoms with Crippen molar-refractivity contribution in [3.8, 4) is 0 Å². The van der Waals surface area contributed by atoms with E-state index >= 15 is 0 Å². The molecule has 0 bridgehead atoms. The number of rotatable bonds is 6. The molecular formula is C10H20N2O3. The molecule has 15 heavy (non-hydrogen) atoms.